The maximum Gasteiger partial charge on any atom is 0.351 e. The number of rotatable bonds is 6. The average Bonchev–Trinajstić information content (AvgIpc) is 3.06. The Bertz CT molecular complexity index is 1310. The van der Waals surface area contributed by atoms with E-state index >= 15 is 0 Å². The van der Waals surface area contributed by atoms with E-state index in [0.29, 0.717) is 22.2 Å². The number of aromatic nitrogens is 4. The molecule has 31 heavy (non-hydrogen) atoms. The lowest BCUT2D eigenvalue weighted by molar-refractivity contribution is -0.117. The van der Waals surface area contributed by atoms with E-state index in [0.717, 1.165) is 10.2 Å². The van der Waals surface area contributed by atoms with Gasteiger partial charge in [0.05, 0.1) is 12.8 Å². The summed E-state index contributed by atoms with van der Waals surface area (Å²) in [5, 5.41) is 7.34. The number of halogens is 1. The van der Waals surface area contributed by atoms with Gasteiger partial charge in [0.25, 0.3) is 5.88 Å². The Hall–Kier alpha value is -3.85. The molecule has 158 valence electrons. The molecule has 0 aliphatic rings. The number of aryl methyl sites for hydroxylation is 1. The van der Waals surface area contributed by atoms with Crippen molar-refractivity contribution in [1.82, 2.24) is 19.2 Å². The van der Waals surface area contributed by atoms with Crippen LogP contribution in [0.5, 0.6) is 17.4 Å². The summed E-state index contributed by atoms with van der Waals surface area (Å²) in [6, 6.07) is 12.2. The van der Waals surface area contributed by atoms with Gasteiger partial charge in [0.2, 0.25) is 11.6 Å². The third kappa shape index (κ3) is 4.36. The number of fused-ring (bicyclic) bond motifs is 1. The predicted molar refractivity (Wildman–Crippen MR) is 115 cm³/mol. The molecule has 0 fully saturated rings. The van der Waals surface area contributed by atoms with Crippen LogP contribution in [0.25, 0.3) is 5.65 Å². The smallest absolute Gasteiger partial charge is 0.351 e. The van der Waals surface area contributed by atoms with Crippen LogP contribution in [0.15, 0.2) is 59.7 Å². The first-order valence-electron chi connectivity index (χ1n) is 9.26. The van der Waals surface area contributed by atoms with Gasteiger partial charge in [0.15, 0.2) is 0 Å². The Morgan fingerprint density at radius 1 is 1.19 bits per heavy atom. The summed E-state index contributed by atoms with van der Waals surface area (Å²) in [6.45, 7) is 1.65. The number of hydrogen-bond donors (Lipinski definition) is 1. The van der Waals surface area contributed by atoms with Crippen molar-refractivity contribution in [3.63, 3.8) is 0 Å². The summed E-state index contributed by atoms with van der Waals surface area (Å²) < 4.78 is 13.3. The highest BCUT2D eigenvalue weighted by Gasteiger charge is 2.16. The van der Waals surface area contributed by atoms with Gasteiger partial charge in [-0.2, -0.15) is 0 Å². The van der Waals surface area contributed by atoms with Crippen molar-refractivity contribution in [3.8, 4) is 17.4 Å². The van der Waals surface area contributed by atoms with E-state index in [1.165, 1.54) is 23.9 Å². The molecular formula is C21H18ClN5O4. The molecular weight excluding hydrogens is 422 g/mol. The van der Waals surface area contributed by atoms with E-state index in [-0.39, 0.29) is 18.1 Å². The largest absolute Gasteiger partial charge is 0.495 e. The first-order valence-corrected chi connectivity index (χ1v) is 9.64. The second-order valence-electron chi connectivity index (χ2n) is 6.67. The lowest BCUT2D eigenvalue weighted by atomic mass is 10.2. The molecule has 2 aromatic heterocycles. The molecule has 9 nitrogen and oxygen atoms in total. The summed E-state index contributed by atoms with van der Waals surface area (Å²) in [7, 11) is 1.48. The SMILES string of the molecule is COc1ccc(Cl)cc1NC(=O)Cn1nc2c(Oc3ccc(C)cc3)nccn2c1=O. The number of ether oxygens (including phenoxy) is 2. The number of carbonyl (C=O) groups is 1. The van der Waals surface area contributed by atoms with E-state index < -0.39 is 11.6 Å². The minimum absolute atomic E-state index is 0.152. The third-order valence-electron chi connectivity index (χ3n) is 4.43. The molecule has 0 aliphatic carbocycles. The van der Waals surface area contributed by atoms with Gasteiger partial charge in [-0.05, 0) is 37.3 Å². The van der Waals surface area contributed by atoms with Crippen molar-refractivity contribution >= 4 is 28.8 Å². The van der Waals surface area contributed by atoms with Crippen molar-refractivity contribution in [2.45, 2.75) is 13.5 Å². The Morgan fingerprint density at radius 3 is 2.71 bits per heavy atom. The standard InChI is InChI=1S/C21H18ClN5O4/c1-13-3-6-15(7-4-13)31-20-19-25-27(21(29)26(19)10-9-23-20)12-18(28)24-16-11-14(22)5-8-17(16)30-2/h3-11H,12H2,1-2H3,(H,24,28). The second kappa shape index (κ2) is 8.49. The molecule has 1 N–H and O–H groups in total. The molecule has 0 aliphatic heterocycles. The van der Waals surface area contributed by atoms with Crippen LogP contribution in [-0.4, -0.2) is 32.2 Å². The van der Waals surface area contributed by atoms with E-state index in [9.17, 15) is 9.59 Å². The molecule has 0 atom stereocenters. The minimum Gasteiger partial charge on any atom is -0.495 e. The fourth-order valence-corrected chi connectivity index (χ4v) is 3.09. The van der Waals surface area contributed by atoms with Gasteiger partial charge >= 0.3 is 5.69 Å². The van der Waals surface area contributed by atoms with Gasteiger partial charge in [-0.3, -0.25) is 4.79 Å². The van der Waals surface area contributed by atoms with Crippen molar-refractivity contribution in [2.75, 3.05) is 12.4 Å². The molecule has 2 heterocycles. The van der Waals surface area contributed by atoms with Crippen LogP contribution in [0, 0.1) is 6.92 Å². The summed E-state index contributed by atoms with van der Waals surface area (Å²) in [6.07, 6.45) is 2.89. The molecule has 2 aromatic carbocycles. The third-order valence-corrected chi connectivity index (χ3v) is 4.67. The van der Waals surface area contributed by atoms with Crippen molar-refractivity contribution in [2.24, 2.45) is 0 Å². The average molecular weight is 440 g/mol. The predicted octanol–water partition coefficient (Wildman–Crippen LogP) is 3.29. The van der Waals surface area contributed by atoms with Gasteiger partial charge in [0, 0.05) is 17.4 Å². The summed E-state index contributed by atoms with van der Waals surface area (Å²) >= 11 is 5.99. The number of nitrogens with one attached hydrogen (secondary N) is 1. The zero-order valence-electron chi connectivity index (χ0n) is 16.7. The quantitative estimate of drug-likeness (QED) is 0.495. The maximum atomic E-state index is 12.7. The number of anilines is 1. The first kappa shape index (κ1) is 20.4. The highest BCUT2D eigenvalue weighted by atomic mass is 35.5. The number of benzene rings is 2. The lowest BCUT2D eigenvalue weighted by Crippen LogP contribution is -2.28. The zero-order chi connectivity index (χ0) is 22.0. The Kier molecular flexibility index (Phi) is 5.59. The molecule has 0 saturated carbocycles. The van der Waals surface area contributed by atoms with Crippen LogP contribution in [0.3, 0.4) is 0 Å². The summed E-state index contributed by atoms with van der Waals surface area (Å²) in [5.41, 5.74) is 1.17. The molecule has 4 rings (SSSR count). The van der Waals surface area contributed by atoms with Crippen molar-refractivity contribution in [1.29, 1.82) is 0 Å². The zero-order valence-corrected chi connectivity index (χ0v) is 17.5. The number of amides is 1. The number of methoxy groups -OCH3 is 1. The Balaban J connectivity index is 1.59. The first-order chi connectivity index (χ1) is 14.9. The topological polar surface area (TPSA) is 99.8 Å². The van der Waals surface area contributed by atoms with E-state index in [2.05, 4.69) is 15.4 Å². The van der Waals surface area contributed by atoms with Crippen LogP contribution < -0.4 is 20.5 Å². The fourth-order valence-electron chi connectivity index (χ4n) is 2.92. The van der Waals surface area contributed by atoms with Crippen LogP contribution in [0.1, 0.15) is 5.56 Å². The Labute approximate surface area is 181 Å². The lowest BCUT2D eigenvalue weighted by Gasteiger charge is -2.10. The van der Waals surface area contributed by atoms with Gasteiger partial charge in [-0.25, -0.2) is 18.9 Å². The van der Waals surface area contributed by atoms with Gasteiger partial charge in [-0.15, -0.1) is 5.10 Å². The van der Waals surface area contributed by atoms with E-state index in [1.807, 2.05) is 19.1 Å². The molecule has 0 spiro atoms. The molecule has 0 unspecified atom stereocenters. The number of nitrogens with zero attached hydrogens (tertiary/aromatic N) is 4. The molecule has 1 amide bonds. The Morgan fingerprint density at radius 2 is 1.97 bits per heavy atom. The summed E-state index contributed by atoms with van der Waals surface area (Å²) in [4.78, 5) is 29.4. The molecule has 0 saturated heterocycles. The minimum atomic E-state index is -0.501. The normalized spacial score (nSPS) is 10.8. The number of hydrogen-bond acceptors (Lipinski definition) is 6. The maximum absolute atomic E-state index is 12.7. The highest BCUT2D eigenvalue weighted by molar-refractivity contribution is 6.31. The highest BCUT2D eigenvalue weighted by Crippen LogP contribution is 2.27. The molecule has 10 heteroatoms. The van der Waals surface area contributed by atoms with Crippen LogP contribution in [0.4, 0.5) is 5.69 Å². The summed E-state index contributed by atoms with van der Waals surface area (Å²) in [5.74, 6) is 0.677. The molecule has 0 bridgehead atoms. The number of carbonyl (C=O) groups excluding carboxylic acids is 1. The van der Waals surface area contributed by atoms with Crippen molar-refractivity contribution < 1.29 is 14.3 Å². The van der Waals surface area contributed by atoms with Gasteiger partial charge in [0.1, 0.15) is 18.0 Å². The fraction of sp³-hybridized carbons (Fsp3) is 0.143. The van der Waals surface area contributed by atoms with E-state index in [4.69, 9.17) is 21.1 Å². The van der Waals surface area contributed by atoms with Crippen LogP contribution in [-0.2, 0) is 11.3 Å². The van der Waals surface area contributed by atoms with Crippen LogP contribution in [0.2, 0.25) is 5.02 Å². The van der Waals surface area contributed by atoms with E-state index in [1.54, 1.807) is 30.3 Å². The van der Waals surface area contributed by atoms with Crippen LogP contribution >= 0.6 is 11.6 Å². The monoisotopic (exact) mass is 439 g/mol. The molecule has 0 radical (unpaired) electrons. The molecule has 4 aromatic rings. The van der Waals surface area contributed by atoms with Gasteiger partial charge < -0.3 is 14.8 Å². The second-order valence-corrected chi connectivity index (χ2v) is 7.11. The van der Waals surface area contributed by atoms with Gasteiger partial charge in [-0.1, -0.05) is 29.3 Å². The van der Waals surface area contributed by atoms with Crippen molar-refractivity contribution in [3.05, 3.63) is 75.9 Å².